The maximum Gasteiger partial charge on any atom is 0.275 e. The Morgan fingerprint density at radius 2 is 1.81 bits per heavy atom. The van der Waals surface area contributed by atoms with Crippen molar-refractivity contribution in [2.24, 2.45) is 0 Å². The van der Waals surface area contributed by atoms with E-state index in [1.165, 1.54) is 15.6 Å². The van der Waals surface area contributed by atoms with E-state index in [0.717, 1.165) is 17.7 Å². The summed E-state index contributed by atoms with van der Waals surface area (Å²) in [7, 11) is 0. The van der Waals surface area contributed by atoms with Crippen LogP contribution in [0.5, 0.6) is 0 Å². The van der Waals surface area contributed by atoms with Gasteiger partial charge in [0.1, 0.15) is 0 Å². The molecule has 26 heavy (non-hydrogen) atoms. The number of aromatic amines is 1. The number of aromatic nitrogens is 4. The fourth-order valence-electron chi connectivity index (χ4n) is 3.34. The highest BCUT2D eigenvalue weighted by atomic mass is 16.1. The second kappa shape index (κ2) is 6.59. The van der Waals surface area contributed by atoms with Gasteiger partial charge in [0, 0.05) is 17.3 Å². The number of hydrogen-bond donors (Lipinski definition) is 1. The molecule has 2 aromatic carbocycles. The fraction of sp³-hybridized carbons (Fsp3) is 0.190. The van der Waals surface area contributed by atoms with Crippen molar-refractivity contribution in [3.05, 3.63) is 87.8 Å². The molecule has 1 unspecified atom stereocenters. The highest BCUT2D eigenvalue weighted by Gasteiger charge is 2.13. The lowest BCUT2D eigenvalue weighted by molar-refractivity contribution is 0.728. The van der Waals surface area contributed by atoms with Crippen LogP contribution in [0.4, 0.5) is 0 Å². The summed E-state index contributed by atoms with van der Waals surface area (Å²) in [6.45, 7) is 4.28. The third-order valence-corrected chi connectivity index (χ3v) is 4.66. The van der Waals surface area contributed by atoms with Gasteiger partial charge >= 0.3 is 0 Å². The molecule has 0 fully saturated rings. The molecule has 0 saturated carbocycles. The maximum absolute atomic E-state index is 12.5. The third-order valence-electron chi connectivity index (χ3n) is 4.66. The number of nitrogens with zero attached hydrogens (tertiary/aromatic N) is 3. The molecule has 0 saturated heterocycles. The van der Waals surface area contributed by atoms with E-state index in [-0.39, 0.29) is 5.56 Å². The van der Waals surface area contributed by atoms with E-state index in [9.17, 15) is 4.79 Å². The Balaban J connectivity index is 1.69. The summed E-state index contributed by atoms with van der Waals surface area (Å²) in [5.41, 5.74) is 4.14. The van der Waals surface area contributed by atoms with Crippen LogP contribution in [0.15, 0.2) is 65.5 Å². The minimum absolute atomic E-state index is 0.166. The summed E-state index contributed by atoms with van der Waals surface area (Å²) in [4.78, 5) is 20.2. The zero-order chi connectivity index (χ0) is 18.1. The molecule has 5 heteroatoms. The van der Waals surface area contributed by atoms with Crippen molar-refractivity contribution in [1.82, 2.24) is 19.6 Å². The van der Waals surface area contributed by atoms with Gasteiger partial charge in [0.25, 0.3) is 5.56 Å². The number of aryl methyl sites for hydroxylation is 1. The fourth-order valence-corrected chi connectivity index (χ4v) is 3.34. The van der Waals surface area contributed by atoms with Gasteiger partial charge in [-0.3, -0.25) is 4.79 Å². The molecule has 0 aliphatic carbocycles. The van der Waals surface area contributed by atoms with Crippen LogP contribution in [0.1, 0.15) is 29.7 Å². The minimum Gasteiger partial charge on any atom is -0.327 e. The summed E-state index contributed by atoms with van der Waals surface area (Å²) in [5.74, 6) is 1.32. The first-order valence-electron chi connectivity index (χ1n) is 8.72. The van der Waals surface area contributed by atoms with Crippen LogP contribution in [0.25, 0.3) is 17.2 Å². The molecule has 0 radical (unpaired) electrons. The second-order valence-corrected chi connectivity index (χ2v) is 6.63. The van der Waals surface area contributed by atoms with Crippen LogP contribution >= 0.6 is 0 Å². The Morgan fingerprint density at radius 3 is 2.58 bits per heavy atom. The van der Waals surface area contributed by atoms with E-state index >= 15 is 0 Å². The van der Waals surface area contributed by atoms with Crippen molar-refractivity contribution in [1.29, 1.82) is 0 Å². The number of nitrogens with one attached hydrogen (secondary N) is 1. The van der Waals surface area contributed by atoms with Crippen LogP contribution in [0.3, 0.4) is 0 Å². The highest BCUT2D eigenvalue weighted by molar-refractivity contribution is 5.56. The van der Waals surface area contributed by atoms with Gasteiger partial charge in [0.2, 0.25) is 5.78 Å². The minimum atomic E-state index is -0.166. The smallest absolute Gasteiger partial charge is 0.275 e. The summed E-state index contributed by atoms with van der Waals surface area (Å²) in [6.07, 6.45) is 0.740. The molecule has 130 valence electrons. The van der Waals surface area contributed by atoms with E-state index < -0.39 is 0 Å². The molecule has 2 heterocycles. The predicted molar refractivity (Wildman–Crippen MR) is 102 cm³/mol. The van der Waals surface area contributed by atoms with Gasteiger partial charge in [-0.15, -0.1) is 5.10 Å². The molecule has 0 spiro atoms. The van der Waals surface area contributed by atoms with Crippen molar-refractivity contribution < 1.29 is 0 Å². The first-order chi connectivity index (χ1) is 12.6. The van der Waals surface area contributed by atoms with Crippen molar-refractivity contribution in [3.63, 3.8) is 0 Å². The second-order valence-electron chi connectivity index (χ2n) is 6.63. The van der Waals surface area contributed by atoms with Gasteiger partial charge in [-0.25, -0.2) is 0 Å². The first kappa shape index (κ1) is 16.3. The van der Waals surface area contributed by atoms with Gasteiger partial charge in [-0.2, -0.15) is 9.50 Å². The average Bonchev–Trinajstić information content (AvgIpc) is 3.07. The standard InChI is InChI=1S/C21H20N4O/c1-14-8-6-7-11-18(14)15(2)12-17-13-19(26)25-21(22-17)23-20(24-25)16-9-4-3-5-10-16/h3-11,13,15H,12H2,1-2H3,(H,22,23,24). The largest absolute Gasteiger partial charge is 0.327 e. The van der Waals surface area contributed by atoms with E-state index in [1.807, 2.05) is 36.4 Å². The van der Waals surface area contributed by atoms with Crippen molar-refractivity contribution in [2.45, 2.75) is 26.2 Å². The van der Waals surface area contributed by atoms with Gasteiger partial charge < -0.3 is 4.98 Å². The summed E-state index contributed by atoms with van der Waals surface area (Å²) in [5, 5.41) is 4.34. The normalized spacial score (nSPS) is 12.4. The maximum atomic E-state index is 12.5. The Hall–Kier alpha value is -3.21. The Bertz CT molecular complexity index is 1110. The van der Waals surface area contributed by atoms with Crippen LogP contribution in [-0.4, -0.2) is 19.6 Å². The molecule has 4 rings (SSSR count). The molecule has 0 aliphatic heterocycles. The number of benzene rings is 2. The van der Waals surface area contributed by atoms with Crippen molar-refractivity contribution >= 4 is 5.78 Å². The average molecular weight is 344 g/mol. The quantitative estimate of drug-likeness (QED) is 0.613. The SMILES string of the molecule is Cc1ccccc1C(C)Cc1cc(=O)n2nc(-c3ccccc3)nc2[nH]1. The van der Waals surface area contributed by atoms with Gasteiger partial charge in [0.05, 0.1) is 0 Å². The van der Waals surface area contributed by atoms with Crippen LogP contribution in [0, 0.1) is 6.92 Å². The van der Waals surface area contributed by atoms with Crippen LogP contribution in [-0.2, 0) is 6.42 Å². The Morgan fingerprint density at radius 1 is 1.08 bits per heavy atom. The summed E-state index contributed by atoms with van der Waals surface area (Å²) < 4.78 is 1.32. The Kier molecular flexibility index (Phi) is 4.13. The van der Waals surface area contributed by atoms with E-state index in [2.05, 4.69) is 47.1 Å². The lowest BCUT2D eigenvalue weighted by Crippen LogP contribution is -2.16. The predicted octanol–water partition coefficient (Wildman–Crippen LogP) is 3.74. The molecule has 0 bridgehead atoms. The Labute approximate surface area is 151 Å². The van der Waals surface area contributed by atoms with E-state index in [1.54, 1.807) is 6.07 Å². The zero-order valence-corrected chi connectivity index (χ0v) is 14.8. The lowest BCUT2D eigenvalue weighted by atomic mass is 9.92. The topological polar surface area (TPSA) is 63.1 Å². The lowest BCUT2D eigenvalue weighted by Gasteiger charge is -2.14. The molecule has 1 atom stereocenters. The number of hydrogen-bond acceptors (Lipinski definition) is 3. The van der Waals surface area contributed by atoms with Crippen molar-refractivity contribution in [3.8, 4) is 11.4 Å². The third kappa shape index (κ3) is 3.04. The number of fused-ring (bicyclic) bond motifs is 1. The molecule has 0 amide bonds. The molecule has 1 N–H and O–H groups in total. The monoisotopic (exact) mass is 344 g/mol. The first-order valence-corrected chi connectivity index (χ1v) is 8.72. The zero-order valence-electron chi connectivity index (χ0n) is 14.8. The molecule has 0 aliphatic rings. The van der Waals surface area contributed by atoms with Gasteiger partial charge in [0.15, 0.2) is 5.82 Å². The number of rotatable bonds is 4. The van der Waals surface area contributed by atoms with Crippen LogP contribution < -0.4 is 5.56 Å². The molecule has 2 aromatic heterocycles. The van der Waals surface area contributed by atoms with E-state index in [4.69, 9.17) is 0 Å². The highest BCUT2D eigenvalue weighted by Crippen LogP contribution is 2.22. The number of H-pyrrole nitrogens is 1. The van der Waals surface area contributed by atoms with Gasteiger partial charge in [-0.05, 0) is 30.4 Å². The van der Waals surface area contributed by atoms with Crippen LogP contribution in [0.2, 0.25) is 0 Å². The molecule has 5 nitrogen and oxygen atoms in total. The summed E-state index contributed by atoms with van der Waals surface area (Å²) >= 11 is 0. The molecular formula is C21H20N4O. The van der Waals surface area contributed by atoms with Crippen molar-refractivity contribution in [2.75, 3.05) is 0 Å². The van der Waals surface area contributed by atoms with Gasteiger partial charge in [-0.1, -0.05) is 61.5 Å². The molecule has 4 aromatic rings. The molecular weight excluding hydrogens is 324 g/mol. The summed E-state index contributed by atoms with van der Waals surface area (Å²) in [6, 6.07) is 19.6. The van der Waals surface area contributed by atoms with E-state index in [0.29, 0.717) is 17.5 Å².